The van der Waals surface area contributed by atoms with E-state index in [2.05, 4.69) is 15.6 Å². The molecule has 1 atom stereocenters. The Kier molecular flexibility index (Phi) is 7.72. The van der Waals surface area contributed by atoms with E-state index in [1.807, 2.05) is 30.3 Å². The molecule has 7 nitrogen and oxygen atoms in total. The molecule has 0 radical (unpaired) electrons. The quantitative estimate of drug-likeness (QED) is 0.604. The van der Waals surface area contributed by atoms with Gasteiger partial charge in [-0.3, -0.25) is 9.20 Å². The van der Waals surface area contributed by atoms with Gasteiger partial charge in [0.25, 0.3) is 0 Å². The molecule has 25 heavy (non-hydrogen) atoms. The first-order valence-electron chi connectivity index (χ1n) is 8.37. The normalized spacial score (nSPS) is 17.0. The van der Waals surface area contributed by atoms with E-state index >= 15 is 0 Å². The molecule has 0 aromatic heterocycles. The Labute approximate surface area is 151 Å². The summed E-state index contributed by atoms with van der Waals surface area (Å²) in [5, 5.41) is 6.56. The van der Waals surface area contributed by atoms with E-state index in [9.17, 15) is 9.00 Å². The second kappa shape index (κ2) is 10.0. The molecule has 1 heterocycles. The fourth-order valence-corrected chi connectivity index (χ4v) is 3.66. The first kappa shape index (κ1) is 19.2. The average Bonchev–Trinajstić information content (AvgIpc) is 2.67. The van der Waals surface area contributed by atoms with Gasteiger partial charge in [0.15, 0.2) is 5.96 Å². The van der Waals surface area contributed by atoms with Gasteiger partial charge < -0.3 is 20.3 Å². The average molecular weight is 366 g/mol. The molecule has 138 valence electrons. The summed E-state index contributed by atoms with van der Waals surface area (Å²) in [6, 6.07) is 9.70. The molecule has 0 saturated carbocycles. The molecule has 1 aliphatic rings. The van der Waals surface area contributed by atoms with E-state index in [1.165, 1.54) is 7.11 Å². The van der Waals surface area contributed by atoms with E-state index in [1.54, 1.807) is 11.9 Å². The molecule has 1 fully saturated rings. The van der Waals surface area contributed by atoms with Gasteiger partial charge in [0.05, 0.1) is 17.9 Å². The number of carbonyl (C=O) groups excluding carboxylic acids is 1. The molecule has 0 bridgehead atoms. The molecule has 1 aromatic rings. The Hall–Kier alpha value is -2.09. The largest absolute Gasteiger partial charge is 0.453 e. The Morgan fingerprint density at radius 3 is 2.60 bits per heavy atom. The Bertz CT molecular complexity index is 601. The van der Waals surface area contributed by atoms with Crippen molar-refractivity contribution in [3.63, 3.8) is 0 Å². The van der Waals surface area contributed by atoms with Gasteiger partial charge in [-0.15, -0.1) is 0 Å². The molecule has 2 N–H and O–H groups in total. The third-order valence-corrected chi connectivity index (χ3v) is 5.45. The van der Waals surface area contributed by atoms with Crippen LogP contribution in [0.3, 0.4) is 0 Å². The molecule has 1 aromatic carbocycles. The first-order chi connectivity index (χ1) is 12.1. The zero-order valence-electron chi connectivity index (χ0n) is 14.7. The minimum Gasteiger partial charge on any atom is -0.453 e. The Morgan fingerprint density at radius 2 is 2.00 bits per heavy atom. The van der Waals surface area contributed by atoms with Crippen LogP contribution in [0, 0.1) is 0 Å². The van der Waals surface area contributed by atoms with Crippen LogP contribution in [0.1, 0.15) is 12.8 Å². The number of rotatable bonds is 5. The van der Waals surface area contributed by atoms with E-state index < -0.39 is 10.8 Å². The summed E-state index contributed by atoms with van der Waals surface area (Å²) >= 11 is 0. The number of hydrogen-bond donors (Lipinski definition) is 2. The summed E-state index contributed by atoms with van der Waals surface area (Å²) < 4.78 is 16.9. The van der Waals surface area contributed by atoms with E-state index in [-0.39, 0.29) is 12.1 Å². The Morgan fingerprint density at radius 1 is 1.32 bits per heavy atom. The van der Waals surface area contributed by atoms with Gasteiger partial charge in [-0.05, 0) is 25.0 Å². The summed E-state index contributed by atoms with van der Waals surface area (Å²) in [7, 11) is 2.09. The maximum Gasteiger partial charge on any atom is 0.409 e. The van der Waals surface area contributed by atoms with Crippen LogP contribution in [-0.2, 0) is 15.5 Å². The van der Waals surface area contributed by atoms with Crippen LogP contribution in [0.15, 0.2) is 40.2 Å². The number of carbonyl (C=O) groups is 1. The molecule has 0 spiro atoms. The maximum atomic E-state index is 12.2. The second-order valence-corrected chi connectivity index (χ2v) is 7.31. The highest BCUT2D eigenvalue weighted by molar-refractivity contribution is 7.85. The van der Waals surface area contributed by atoms with Gasteiger partial charge in [0.2, 0.25) is 0 Å². The van der Waals surface area contributed by atoms with Crippen molar-refractivity contribution >= 4 is 22.9 Å². The lowest BCUT2D eigenvalue weighted by Gasteiger charge is -2.32. The number of hydrogen-bond acceptors (Lipinski definition) is 4. The first-order valence-corrected chi connectivity index (χ1v) is 9.69. The minimum atomic E-state index is -1.02. The number of ether oxygens (including phenoxy) is 1. The van der Waals surface area contributed by atoms with Gasteiger partial charge in [0.1, 0.15) is 0 Å². The van der Waals surface area contributed by atoms with Crippen LogP contribution in [0.25, 0.3) is 0 Å². The van der Waals surface area contributed by atoms with Crippen LogP contribution < -0.4 is 10.6 Å². The molecule has 2 rings (SSSR count). The predicted molar refractivity (Wildman–Crippen MR) is 99.2 cm³/mol. The molecule has 1 amide bonds. The lowest BCUT2D eigenvalue weighted by molar-refractivity contribution is 0.111. The van der Waals surface area contributed by atoms with Crippen molar-refractivity contribution in [3.05, 3.63) is 30.3 Å². The third kappa shape index (κ3) is 6.04. The van der Waals surface area contributed by atoms with Crippen molar-refractivity contribution in [1.29, 1.82) is 0 Å². The smallest absolute Gasteiger partial charge is 0.409 e. The monoisotopic (exact) mass is 366 g/mol. The summed E-state index contributed by atoms with van der Waals surface area (Å²) in [5.74, 6) is 1.22. The minimum absolute atomic E-state index is 0.256. The maximum absolute atomic E-state index is 12.2. The molecule has 0 aliphatic carbocycles. The van der Waals surface area contributed by atoms with Crippen LogP contribution in [0.5, 0.6) is 0 Å². The van der Waals surface area contributed by atoms with Crippen molar-refractivity contribution in [2.45, 2.75) is 23.8 Å². The number of benzene rings is 1. The number of methoxy groups -OCH3 is 1. The molecule has 1 aliphatic heterocycles. The highest BCUT2D eigenvalue weighted by Crippen LogP contribution is 2.11. The number of nitrogens with zero attached hydrogens (tertiary/aromatic N) is 2. The van der Waals surface area contributed by atoms with Crippen molar-refractivity contribution < 1.29 is 13.7 Å². The summed E-state index contributed by atoms with van der Waals surface area (Å²) in [4.78, 5) is 18.2. The van der Waals surface area contributed by atoms with Gasteiger partial charge in [-0.1, -0.05) is 18.2 Å². The van der Waals surface area contributed by atoms with Gasteiger partial charge in [0, 0.05) is 43.4 Å². The number of piperidine rings is 1. The number of amides is 1. The van der Waals surface area contributed by atoms with Gasteiger partial charge >= 0.3 is 6.09 Å². The number of nitrogens with one attached hydrogen (secondary N) is 2. The van der Waals surface area contributed by atoms with E-state index in [0.717, 1.165) is 17.7 Å². The predicted octanol–water partition coefficient (Wildman–Crippen LogP) is 1.19. The highest BCUT2D eigenvalue weighted by Gasteiger charge is 2.23. The van der Waals surface area contributed by atoms with Crippen molar-refractivity contribution in [2.75, 3.05) is 39.5 Å². The fraction of sp³-hybridized carbons (Fsp3) is 0.529. The van der Waals surface area contributed by atoms with Gasteiger partial charge in [-0.2, -0.15) is 0 Å². The van der Waals surface area contributed by atoms with Crippen molar-refractivity contribution in [1.82, 2.24) is 15.5 Å². The molecular formula is C17H26N4O3S. The lowest BCUT2D eigenvalue weighted by atomic mass is 10.1. The van der Waals surface area contributed by atoms with E-state index in [4.69, 9.17) is 4.74 Å². The summed E-state index contributed by atoms with van der Waals surface area (Å²) in [6.07, 6.45) is 1.40. The second-order valence-electron chi connectivity index (χ2n) is 5.74. The summed E-state index contributed by atoms with van der Waals surface area (Å²) in [5.41, 5.74) is 0. The van der Waals surface area contributed by atoms with Crippen LogP contribution in [-0.4, -0.2) is 66.7 Å². The van der Waals surface area contributed by atoms with Gasteiger partial charge in [-0.25, -0.2) is 4.79 Å². The standard InChI is InChI=1S/C17H26N4O3S/c1-18-16(19-10-13-25(23)15-6-4-3-5-7-15)20-14-8-11-21(12-9-14)17(22)24-2/h3-7,14H,8-13H2,1-2H3,(H2,18,19,20). The lowest BCUT2D eigenvalue weighted by Crippen LogP contribution is -2.50. The molecular weight excluding hydrogens is 340 g/mol. The topological polar surface area (TPSA) is 83.0 Å². The van der Waals surface area contributed by atoms with Crippen LogP contribution in [0.4, 0.5) is 4.79 Å². The van der Waals surface area contributed by atoms with E-state index in [0.29, 0.717) is 31.3 Å². The molecule has 1 unspecified atom stereocenters. The number of likely N-dealkylation sites (tertiary alicyclic amines) is 1. The SMILES string of the molecule is CN=C(NCCS(=O)c1ccccc1)NC1CCN(C(=O)OC)CC1. The van der Waals surface area contributed by atoms with Crippen molar-refractivity contribution in [3.8, 4) is 0 Å². The zero-order valence-corrected chi connectivity index (χ0v) is 15.6. The number of guanidine groups is 1. The zero-order chi connectivity index (χ0) is 18.1. The molecule has 8 heteroatoms. The molecule has 1 saturated heterocycles. The number of aliphatic imine (C=N–C) groups is 1. The fourth-order valence-electron chi connectivity index (χ4n) is 2.68. The van der Waals surface area contributed by atoms with Crippen LogP contribution in [0.2, 0.25) is 0 Å². The highest BCUT2D eigenvalue weighted by atomic mass is 32.2. The van der Waals surface area contributed by atoms with Crippen LogP contribution >= 0.6 is 0 Å². The summed E-state index contributed by atoms with van der Waals surface area (Å²) in [6.45, 7) is 1.90. The third-order valence-electron chi connectivity index (χ3n) is 4.08. The Balaban J connectivity index is 1.71. The van der Waals surface area contributed by atoms with Crippen molar-refractivity contribution in [2.24, 2.45) is 4.99 Å².